The van der Waals surface area contributed by atoms with Crippen LogP contribution in [0.3, 0.4) is 0 Å². The van der Waals surface area contributed by atoms with Crippen molar-refractivity contribution in [2.24, 2.45) is 5.92 Å². The Kier molecular flexibility index (Phi) is 4.42. The van der Waals surface area contributed by atoms with Gasteiger partial charge in [0.15, 0.2) is 0 Å². The summed E-state index contributed by atoms with van der Waals surface area (Å²) in [6, 6.07) is -0.554. The molecule has 0 aliphatic heterocycles. The van der Waals surface area contributed by atoms with Crippen molar-refractivity contribution in [1.29, 1.82) is 0 Å². The van der Waals surface area contributed by atoms with Crippen molar-refractivity contribution < 1.29 is 9.90 Å². The molecule has 0 saturated heterocycles. The summed E-state index contributed by atoms with van der Waals surface area (Å²) in [4.78, 5) is 15.0. The SMILES string of the molecule is CCn1ncnc1CNC(C(=O)O)C(C)C. The minimum atomic E-state index is -0.836. The lowest BCUT2D eigenvalue weighted by Gasteiger charge is -2.17. The molecule has 0 aliphatic rings. The number of nitrogens with one attached hydrogen (secondary N) is 1. The van der Waals surface area contributed by atoms with Crippen LogP contribution in [0.2, 0.25) is 0 Å². The Morgan fingerprint density at radius 1 is 1.62 bits per heavy atom. The zero-order valence-electron chi connectivity index (χ0n) is 9.84. The number of carbonyl (C=O) groups is 1. The molecule has 0 amide bonds. The van der Waals surface area contributed by atoms with Crippen LogP contribution in [-0.4, -0.2) is 31.9 Å². The Hall–Kier alpha value is -1.43. The molecule has 0 spiro atoms. The Balaban J connectivity index is 2.59. The quantitative estimate of drug-likeness (QED) is 0.738. The molecule has 0 aromatic carbocycles. The highest BCUT2D eigenvalue weighted by Crippen LogP contribution is 2.03. The molecule has 0 radical (unpaired) electrons. The van der Waals surface area contributed by atoms with E-state index >= 15 is 0 Å². The van der Waals surface area contributed by atoms with Gasteiger partial charge >= 0.3 is 5.97 Å². The fourth-order valence-corrected chi connectivity index (χ4v) is 1.50. The van der Waals surface area contributed by atoms with Crippen LogP contribution in [0, 0.1) is 5.92 Å². The molecular weight excluding hydrogens is 208 g/mol. The van der Waals surface area contributed by atoms with Gasteiger partial charge in [-0.05, 0) is 12.8 Å². The monoisotopic (exact) mass is 226 g/mol. The van der Waals surface area contributed by atoms with E-state index in [1.165, 1.54) is 6.33 Å². The van der Waals surface area contributed by atoms with Gasteiger partial charge in [-0.15, -0.1) is 0 Å². The van der Waals surface area contributed by atoms with Gasteiger partial charge in [-0.2, -0.15) is 5.10 Å². The van der Waals surface area contributed by atoms with Gasteiger partial charge in [0.1, 0.15) is 18.2 Å². The largest absolute Gasteiger partial charge is 0.480 e. The first-order chi connectivity index (χ1) is 7.56. The Bertz CT molecular complexity index is 348. The van der Waals surface area contributed by atoms with Gasteiger partial charge in [-0.3, -0.25) is 10.1 Å². The predicted molar refractivity (Wildman–Crippen MR) is 58.8 cm³/mol. The van der Waals surface area contributed by atoms with Crippen LogP contribution in [0.25, 0.3) is 0 Å². The lowest BCUT2D eigenvalue weighted by molar-refractivity contribution is -0.140. The molecule has 1 aromatic rings. The fraction of sp³-hybridized carbons (Fsp3) is 0.700. The number of aryl methyl sites for hydroxylation is 1. The number of rotatable bonds is 6. The van der Waals surface area contributed by atoms with Crippen LogP contribution < -0.4 is 5.32 Å². The van der Waals surface area contributed by atoms with Crippen molar-refractivity contribution in [2.45, 2.75) is 39.9 Å². The zero-order valence-corrected chi connectivity index (χ0v) is 9.84. The van der Waals surface area contributed by atoms with Crippen LogP contribution in [0.1, 0.15) is 26.6 Å². The first-order valence-corrected chi connectivity index (χ1v) is 5.39. The molecule has 1 unspecified atom stereocenters. The second kappa shape index (κ2) is 5.60. The molecule has 0 fully saturated rings. The topological polar surface area (TPSA) is 80.0 Å². The molecule has 90 valence electrons. The van der Waals surface area contributed by atoms with Gasteiger partial charge in [-0.25, -0.2) is 9.67 Å². The standard InChI is InChI=1S/C10H18N4O2/c1-4-14-8(12-6-13-14)5-11-9(7(2)3)10(15)16/h6-7,9,11H,4-5H2,1-3H3,(H,15,16). The molecule has 6 heteroatoms. The normalized spacial score (nSPS) is 13.0. The average molecular weight is 226 g/mol. The lowest BCUT2D eigenvalue weighted by Crippen LogP contribution is -2.40. The summed E-state index contributed by atoms with van der Waals surface area (Å²) in [6.07, 6.45) is 1.48. The number of aromatic nitrogens is 3. The van der Waals surface area contributed by atoms with Crippen molar-refractivity contribution in [3.63, 3.8) is 0 Å². The molecule has 1 heterocycles. The Labute approximate surface area is 94.7 Å². The molecule has 0 aliphatic carbocycles. The van der Waals surface area contributed by atoms with Gasteiger partial charge in [-0.1, -0.05) is 13.8 Å². The van der Waals surface area contributed by atoms with E-state index in [-0.39, 0.29) is 5.92 Å². The third-order valence-corrected chi connectivity index (χ3v) is 2.41. The Morgan fingerprint density at radius 3 is 2.81 bits per heavy atom. The van der Waals surface area contributed by atoms with Crippen molar-refractivity contribution in [3.05, 3.63) is 12.2 Å². The van der Waals surface area contributed by atoms with Gasteiger partial charge in [0, 0.05) is 6.54 Å². The van der Waals surface area contributed by atoms with Crippen LogP contribution in [0.5, 0.6) is 0 Å². The summed E-state index contributed by atoms with van der Waals surface area (Å²) < 4.78 is 1.74. The van der Waals surface area contributed by atoms with Crippen molar-refractivity contribution in [2.75, 3.05) is 0 Å². The summed E-state index contributed by atoms with van der Waals surface area (Å²) in [5.74, 6) is -0.0394. The third kappa shape index (κ3) is 3.03. The first-order valence-electron chi connectivity index (χ1n) is 5.39. The minimum absolute atomic E-state index is 0.0375. The lowest BCUT2D eigenvalue weighted by atomic mass is 10.1. The second-order valence-electron chi connectivity index (χ2n) is 3.93. The molecule has 0 bridgehead atoms. The second-order valence-corrected chi connectivity index (χ2v) is 3.93. The van der Waals surface area contributed by atoms with Crippen LogP contribution in [0.15, 0.2) is 6.33 Å². The fourth-order valence-electron chi connectivity index (χ4n) is 1.50. The maximum Gasteiger partial charge on any atom is 0.320 e. The van der Waals surface area contributed by atoms with E-state index in [4.69, 9.17) is 5.11 Å². The summed E-state index contributed by atoms with van der Waals surface area (Å²) in [6.45, 7) is 6.86. The summed E-state index contributed by atoms with van der Waals surface area (Å²) >= 11 is 0. The summed E-state index contributed by atoms with van der Waals surface area (Å²) in [5, 5.41) is 16.0. The highest BCUT2D eigenvalue weighted by atomic mass is 16.4. The maximum atomic E-state index is 10.9. The van der Waals surface area contributed by atoms with E-state index in [1.807, 2.05) is 20.8 Å². The molecule has 0 saturated carbocycles. The third-order valence-electron chi connectivity index (χ3n) is 2.41. The van der Waals surface area contributed by atoms with Crippen LogP contribution in [-0.2, 0) is 17.9 Å². The molecule has 1 rings (SSSR count). The summed E-state index contributed by atoms with van der Waals surface area (Å²) in [7, 11) is 0. The zero-order chi connectivity index (χ0) is 12.1. The van der Waals surface area contributed by atoms with E-state index in [0.29, 0.717) is 6.54 Å². The number of carboxylic acids is 1. The first kappa shape index (κ1) is 12.6. The van der Waals surface area contributed by atoms with E-state index in [2.05, 4.69) is 15.4 Å². The molecule has 1 aromatic heterocycles. The van der Waals surface area contributed by atoms with Crippen molar-refractivity contribution >= 4 is 5.97 Å². The smallest absolute Gasteiger partial charge is 0.320 e. The Morgan fingerprint density at radius 2 is 2.31 bits per heavy atom. The van der Waals surface area contributed by atoms with Gasteiger partial charge in [0.2, 0.25) is 0 Å². The van der Waals surface area contributed by atoms with Gasteiger partial charge in [0.25, 0.3) is 0 Å². The average Bonchev–Trinajstić information content (AvgIpc) is 2.64. The minimum Gasteiger partial charge on any atom is -0.480 e. The van der Waals surface area contributed by atoms with Gasteiger partial charge in [0.05, 0.1) is 6.54 Å². The number of nitrogens with zero attached hydrogens (tertiary/aromatic N) is 3. The molecule has 6 nitrogen and oxygen atoms in total. The van der Waals surface area contributed by atoms with E-state index in [1.54, 1.807) is 4.68 Å². The number of carboxylic acid groups (broad SMARTS) is 1. The highest BCUT2D eigenvalue weighted by molar-refractivity contribution is 5.73. The van der Waals surface area contributed by atoms with Crippen molar-refractivity contribution in [3.8, 4) is 0 Å². The number of aliphatic carboxylic acids is 1. The van der Waals surface area contributed by atoms with Gasteiger partial charge < -0.3 is 5.11 Å². The van der Waals surface area contributed by atoms with E-state index in [0.717, 1.165) is 12.4 Å². The number of hydrogen-bond donors (Lipinski definition) is 2. The number of hydrogen-bond acceptors (Lipinski definition) is 4. The van der Waals surface area contributed by atoms with E-state index < -0.39 is 12.0 Å². The van der Waals surface area contributed by atoms with Crippen molar-refractivity contribution in [1.82, 2.24) is 20.1 Å². The van der Waals surface area contributed by atoms with Crippen LogP contribution in [0.4, 0.5) is 0 Å². The maximum absolute atomic E-state index is 10.9. The van der Waals surface area contributed by atoms with E-state index in [9.17, 15) is 4.79 Å². The predicted octanol–water partition coefficient (Wildman–Crippen LogP) is 0.497. The summed E-state index contributed by atoms with van der Waals surface area (Å²) in [5.41, 5.74) is 0. The highest BCUT2D eigenvalue weighted by Gasteiger charge is 2.21. The molecular formula is C10H18N4O2. The molecule has 2 N–H and O–H groups in total. The molecule has 1 atom stereocenters. The van der Waals surface area contributed by atoms with Crippen LogP contribution >= 0.6 is 0 Å². The molecule has 16 heavy (non-hydrogen) atoms.